The molecular weight excluding hydrogens is 270 g/mol. The molecule has 0 aliphatic rings. The molecule has 0 aliphatic carbocycles. The first-order chi connectivity index (χ1) is 9.26. The van der Waals surface area contributed by atoms with E-state index in [1.807, 2.05) is 0 Å². The molecule has 1 heterocycles. The second-order valence-electron chi connectivity index (χ2n) is 4.90. The Hall–Kier alpha value is -2.31. The maximum atomic E-state index is 13.8. The Bertz CT molecular complexity index is 647. The van der Waals surface area contributed by atoms with Crippen LogP contribution < -0.4 is 0 Å². The van der Waals surface area contributed by atoms with E-state index in [0.29, 0.717) is 0 Å². The third-order valence-electron chi connectivity index (χ3n) is 2.48. The van der Waals surface area contributed by atoms with Crippen molar-refractivity contribution in [2.45, 2.75) is 25.9 Å². The maximum Gasteiger partial charge on any atom is 0.335 e. The SMILES string of the molecule is CC(C)(F)Cc1nnc(-c2ccc(C(=O)O)cc2F)o1. The monoisotopic (exact) mass is 282 g/mol. The molecule has 106 valence electrons. The number of nitrogens with zero attached hydrogens (tertiary/aromatic N) is 2. The molecule has 2 rings (SSSR count). The number of aromatic carboxylic acids is 1. The second-order valence-corrected chi connectivity index (χ2v) is 4.90. The van der Waals surface area contributed by atoms with Crippen LogP contribution in [0.5, 0.6) is 0 Å². The van der Waals surface area contributed by atoms with Crippen molar-refractivity contribution in [3.05, 3.63) is 35.5 Å². The molecule has 0 radical (unpaired) electrons. The Morgan fingerprint density at radius 2 is 2.10 bits per heavy atom. The second kappa shape index (κ2) is 4.99. The van der Waals surface area contributed by atoms with E-state index in [9.17, 15) is 13.6 Å². The van der Waals surface area contributed by atoms with Gasteiger partial charge in [0.15, 0.2) is 0 Å². The molecule has 0 atom stereocenters. The molecule has 1 N–H and O–H groups in total. The van der Waals surface area contributed by atoms with Crippen LogP contribution >= 0.6 is 0 Å². The van der Waals surface area contributed by atoms with Crippen LogP contribution in [0.4, 0.5) is 8.78 Å². The first-order valence-corrected chi connectivity index (χ1v) is 5.81. The normalized spacial score (nSPS) is 11.6. The van der Waals surface area contributed by atoms with Gasteiger partial charge >= 0.3 is 5.97 Å². The van der Waals surface area contributed by atoms with Crippen LogP contribution in [-0.4, -0.2) is 26.9 Å². The van der Waals surface area contributed by atoms with E-state index >= 15 is 0 Å². The first kappa shape index (κ1) is 14.1. The predicted octanol–water partition coefficient (Wildman–Crippen LogP) is 2.86. The number of rotatable bonds is 4. The predicted molar refractivity (Wildman–Crippen MR) is 65.5 cm³/mol. The third-order valence-corrected chi connectivity index (χ3v) is 2.48. The number of aromatic nitrogens is 2. The van der Waals surface area contributed by atoms with E-state index in [-0.39, 0.29) is 29.3 Å². The number of carboxylic acid groups (broad SMARTS) is 1. The van der Waals surface area contributed by atoms with Crippen molar-refractivity contribution in [3.63, 3.8) is 0 Å². The van der Waals surface area contributed by atoms with E-state index < -0.39 is 17.5 Å². The van der Waals surface area contributed by atoms with Crippen LogP contribution in [0.2, 0.25) is 0 Å². The Morgan fingerprint density at radius 3 is 2.65 bits per heavy atom. The van der Waals surface area contributed by atoms with Gasteiger partial charge in [0.2, 0.25) is 5.89 Å². The van der Waals surface area contributed by atoms with Crippen LogP contribution in [0.3, 0.4) is 0 Å². The van der Waals surface area contributed by atoms with Crippen molar-refractivity contribution in [1.82, 2.24) is 10.2 Å². The number of hydrogen-bond acceptors (Lipinski definition) is 4. The molecule has 0 amide bonds. The zero-order valence-electron chi connectivity index (χ0n) is 10.9. The standard InChI is InChI=1S/C13H12F2N2O3/c1-13(2,15)6-10-16-17-11(20-10)8-4-3-7(12(18)19)5-9(8)14/h3-5H,6H2,1-2H3,(H,18,19). The summed E-state index contributed by atoms with van der Waals surface area (Å²) >= 11 is 0. The molecule has 7 heteroatoms. The number of carboxylic acids is 1. The molecule has 5 nitrogen and oxygen atoms in total. The highest BCUT2D eigenvalue weighted by atomic mass is 19.1. The van der Waals surface area contributed by atoms with Crippen LogP contribution in [0.25, 0.3) is 11.5 Å². The molecule has 1 aromatic heterocycles. The van der Waals surface area contributed by atoms with E-state index in [4.69, 9.17) is 9.52 Å². The first-order valence-electron chi connectivity index (χ1n) is 5.81. The highest BCUT2D eigenvalue weighted by Crippen LogP contribution is 2.24. The maximum absolute atomic E-state index is 13.8. The summed E-state index contributed by atoms with van der Waals surface area (Å²) < 4.78 is 32.4. The van der Waals surface area contributed by atoms with Crippen molar-refractivity contribution >= 4 is 5.97 Å². The molecule has 0 unspecified atom stereocenters. The fraction of sp³-hybridized carbons (Fsp3) is 0.308. The minimum Gasteiger partial charge on any atom is -0.478 e. The lowest BCUT2D eigenvalue weighted by atomic mass is 10.1. The summed E-state index contributed by atoms with van der Waals surface area (Å²) in [5.74, 6) is -2.09. The summed E-state index contributed by atoms with van der Waals surface area (Å²) in [6.45, 7) is 2.72. The summed E-state index contributed by atoms with van der Waals surface area (Å²) in [5.41, 5.74) is -1.73. The summed E-state index contributed by atoms with van der Waals surface area (Å²) in [6.07, 6.45) is -0.0885. The lowest BCUT2D eigenvalue weighted by Crippen LogP contribution is -2.15. The van der Waals surface area contributed by atoms with E-state index in [2.05, 4.69) is 10.2 Å². The summed E-state index contributed by atoms with van der Waals surface area (Å²) in [7, 11) is 0. The number of alkyl halides is 1. The summed E-state index contributed by atoms with van der Waals surface area (Å²) in [6, 6.07) is 3.32. The topological polar surface area (TPSA) is 76.2 Å². The van der Waals surface area contributed by atoms with E-state index in [0.717, 1.165) is 6.07 Å². The number of benzene rings is 1. The Kier molecular flexibility index (Phi) is 3.52. The van der Waals surface area contributed by atoms with Crippen LogP contribution in [0.1, 0.15) is 30.1 Å². The Balaban J connectivity index is 2.31. The molecule has 0 fully saturated rings. The Morgan fingerprint density at radius 1 is 1.40 bits per heavy atom. The largest absolute Gasteiger partial charge is 0.478 e. The molecule has 0 aliphatic heterocycles. The minimum absolute atomic E-state index is 0.0228. The van der Waals surface area contributed by atoms with Gasteiger partial charge in [-0.15, -0.1) is 10.2 Å². The Labute approximate surface area is 113 Å². The quantitative estimate of drug-likeness (QED) is 0.933. The van der Waals surface area contributed by atoms with Gasteiger partial charge in [-0.2, -0.15) is 0 Å². The van der Waals surface area contributed by atoms with Gasteiger partial charge in [0.1, 0.15) is 11.5 Å². The lowest BCUT2D eigenvalue weighted by Gasteiger charge is -2.09. The van der Waals surface area contributed by atoms with Gasteiger partial charge in [-0.25, -0.2) is 13.6 Å². The average Bonchev–Trinajstić information content (AvgIpc) is 2.74. The van der Waals surface area contributed by atoms with Crippen molar-refractivity contribution in [1.29, 1.82) is 0 Å². The van der Waals surface area contributed by atoms with Crippen molar-refractivity contribution < 1.29 is 23.1 Å². The third kappa shape index (κ3) is 3.17. The molecule has 0 saturated heterocycles. The fourth-order valence-electron chi connectivity index (χ4n) is 1.62. The van der Waals surface area contributed by atoms with Gasteiger partial charge in [0, 0.05) is 0 Å². The van der Waals surface area contributed by atoms with Crippen LogP contribution in [-0.2, 0) is 6.42 Å². The van der Waals surface area contributed by atoms with Gasteiger partial charge in [-0.3, -0.25) is 0 Å². The van der Waals surface area contributed by atoms with Crippen LogP contribution in [0.15, 0.2) is 22.6 Å². The highest BCUT2D eigenvalue weighted by Gasteiger charge is 2.22. The highest BCUT2D eigenvalue weighted by molar-refractivity contribution is 5.88. The number of hydrogen-bond donors (Lipinski definition) is 1. The lowest BCUT2D eigenvalue weighted by molar-refractivity contribution is 0.0696. The van der Waals surface area contributed by atoms with E-state index in [1.54, 1.807) is 0 Å². The van der Waals surface area contributed by atoms with Gasteiger partial charge in [-0.1, -0.05) is 0 Å². The number of halogens is 2. The van der Waals surface area contributed by atoms with Crippen molar-refractivity contribution in [2.75, 3.05) is 0 Å². The molecule has 2 aromatic rings. The molecule has 20 heavy (non-hydrogen) atoms. The fourth-order valence-corrected chi connectivity index (χ4v) is 1.62. The zero-order valence-corrected chi connectivity index (χ0v) is 10.9. The van der Waals surface area contributed by atoms with Crippen molar-refractivity contribution in [2.24, 2.45) is 0 Å². The summed E-state index contributed by atoms with van der Waals surface area (Å²) in [4.78, 5) is 10.7. The molecule has 1 aromatic carbocycles. The van der Waals surface area contributed by atoms with Crippen LogP contribution in [0, 0.1) is 5.82 Å². The zero-order chi connectivity index (χ0) is 14.9. The number of carbonyl (C=O) groups is 1. The summed E-state index contributed by atoms with van der Waals surface area (Å²) in [5, 5.41) is 16.0. The molecular formula is C13H12F2N2O3. The average molecular weight is 282 g/mol. The smallest absolute Gasteiger partial charge is 0.335 e. The van der Waals surface area contributed by atoms with Crippen molar-refractivity contribution in [3.8, 4) is 11.5 Å². The van der Waals surface area contributed by atoms with Gasteiger partial charge in [-0.05, 0) is 32.0 Å². The minimum atomic E-state index is -1.52. The van der Waals surface area contributed by atoms with E-state index in [1.165, 1.54) is 26.0 Å². The molecule has 0 saturated carbocycles. The molecule has 0 bridgehead atoms. The van der Waals surface area contributed by atoms with Gasteiger partial charge < -0.3 is 9.52 Å². The van der Waals surface area contributed by atoms with Gasteiger partial charge in [0.05, 0.1) is 17.5 Å². The van der Waals surface area contributed by atoms with Gasteiger partial charge in [0.25, 0.3) is 5.89 Å². The molecule has 0 spiro atoms.